The number of benzene rings is 3. The zero-order chi connectivity index (χ0) is 22.6. The van der Waals surface area contributed by atoms with Crippen molar-refractivity contribution in [2.45, 2.75) is 25.7 Å². The Kier molecular flexibility index (Phi) is 7.41. The molecule has 0 spiro atoms. The molecule has 0 aromatic heterocycles. The molecule has 31 heavy (non-hydrogen) atoms. The van der Waals surface area contributed by atoms with Gasteiger partial charge in [0.1, 0.15) is 4.90 Å². The van der Waals surface area contributed by atoms with E-state index in [1.54, 1.807) is 18.3 Å². The zero-order valence-corrected chi connectivity index (χ0v) is 20.4. The van der Waals surface area contributed by atoms with Crippen molar-refractivity contribution in [2.24, 2.45) is 4.99 Å². The van der Waals surface area contributed by atoms with E-state index in [4.69, 9.17) is 20.5 Å². The van der Waals surface area contributed by atoms with Gasteiger partial charge in [0.2, 0.25) is 0 Å². The van der Waals surface area contributed by atoms with Crippen LogP contribution in [0, 0.1) is 13.8 Å². The number of aryl methyl sites for hydroxylation is 2. The minimum atomic E-state index is -4.07. The molecule has 0 N–H and O–H groups in total. The van der Waals surface area contributed by atoms with Gasteiger partial charge < -0.3 is 8.92 Å². The minimum Gasteiger partial charge on any atom is -0.490 e. The van der Waals surface area contributed by atoms with Gasteiger partial charge in [-0.1, -0.05) is 29.3 Å². The molecule has 0 fully saturated rings. The van der Waals surface area contributed by atoms with E-state index in [2.05, 4.69) is 27.0 Å². The molecule has 0 aliphatic carbocycles. The molecule has 8 heteroatoms. The van der Waals surface area contributed by atoms with Crippen molar-refractivity contribution < 1.29 is 17.3 Å². The van der Waals surface area contributed by atoms with Crippen LogP contribution in [0.4, 0.5) is 5.69 Å². The Morgan fingerprint density at radius 2 is 1.77 bits per heavy atom. The number of rotatable bonds is 7. The predicted molar refractivity (Wildman–Crippen MR) is 128 cm³/mol. The van der Waals surface area contributed by atoms with Crippen LogP contribution >= 0.6 is 27.5 Å². The Morgan fingerprint density at radius 1 is 1.06 bits per heavy atom. The van der Waals surface area contributed by atoms with Crippen LogP contribution in [0.2, 0.25) is 5.02 Å². The highest BCUT2D eigenvalue weighted by Crippen LogP contribution is 2.38. The first kappa shape index (κ1) is 23.3. The summed E-state index contributed by atoms with van der Waals surface area (Å²) in [4.78, 5) is 4.54. The van der Waals surface area contributed by atoms with Crippen LogP contribution in [-0.2, 0) is 10.1 Å². The maximum atomic E-state index is 12.7. The summed E-state index contributed by atoms with van der Waals surface area (Å²) in [7, 11) is -4.07. The largest absolute Gasteiger partial charge is 0.490 e. The first-order valence-electron chi connectivity index (χ1n) is 9.47. The molecular formula is C23H21BrClNO4S. The number of ether oxygens (including phenoxy) is 1. The van der Waals surface area contributed by atoms with Gasteiger partial charge in [-0.25, -0.2) is 0 Å². The van der Waals surface area contributed by atoms with E-state index in [1.165, 1.54) is 29.8 Å². The summed E-state index contributed by atoms with van der Waals surface area (Å²) in [5, 5.41) is 0.433. The second-order valence-electron chi connectivity index (χ2n) is 6.80. The summed E-state index contributed by atoms with van der Waals surface area (Å²) < 4.78 is 36.9. The summed E-state index contributed by atoms with van der Waals surface area (Å²) in [5.74, 6) is 0.358. The Bertz CT molecular complexity index is 1230. The van der Waals surface area contributed by atoms with E-state index >= 15 is 0 Å². The lowest BCUT2D eigenvalue weighted by Gasteiger charge is -2.14. The van der Waals surface area contributed by atoms with Crippen LogP contribution < -0.4 is 8.92 Å². The van der Waals surface area contributed by atoms with Crippen LogP contribution in [-0.4, -0.2) is 21.2 Å². The fraction of sp³-hybridized carbons (Fsp3) is 0.174. The van der Waals surface area contributed by atoms with Gasteiger partial charge in [0.25, 0.3) is 0 Å². The Labute approximate surface area is 195 Å². The van der Waals surface area contributed by atoms with E-state index in [-0.39, 0.29) is 16.4 Å². The van der Waals surface area contributed by atoms with Crippen LogP contribution in [0.15, 0.2) is 69.0 Å². The van der Waals surface area contributed by atoms with E-state index in [0.717, 1.165) is 16.8 Å². The third kappa shape index (κ3) is 5.87. The molecule has 3 aromatic carbocycles. The molecule has 3 aromatic rings. The second kappa shape index (κ2) is 9.85. The minimum absolute atomic E-state index is 0.00765. The molecule has 0 aliphatic heterocycles. The van der Waals surface area contributed by atoms with E-state index in [9.17, 15) is 8.42 Å². The van der Waals surface area contributed by atoms with Gasteiger partial charge in [-0.2, -0.15) is 8.42 Å². The molecule has 0 amide bonds. The fourth-order valence-electron chi connectivity index (χ4n) is 2.86. The van der Waals surface area contributed by atoms with Crippen molar-refractivity contribution in [3.63, 3.8) is 0 Å². The number of hydrogen-bond donors (Lipinski definition) is 0. The first-order chi connectivity index (χ1) is 14.7. The normalized spacial score (nSPS) is 11.6. The monoisotopic (exact) mass is 521 g/mol. The summed E-state index contributed by atoms with van der Waals surface area (Å²) in [6.07, 6.45) is 1.70. The number of halogens is 2. The molecule has 0 unspecified atom stereocenters. The second-order valence-corrected chi connectivity index (χ2v) is 9.64. The number of hydrogen-bond acceptors (Lipinski definition) is 5. The van der Waals surface area contributed by atoms with Crippen LogP contribution in [0.25, 0.3) is 0 Å². The Morgan fingerprint density at radius 3 is 2.42 bits per heavy atom. The van der Waals surface area contributed by atoms with E-state index in [0.29, 0.717) is 16.1 Å². The Balaban J connectivity index is 1.95. The molecule has 5 nitrogen and oxygen atoms in total. The van der Waals surface area contributed by atoms with Gasteiger partial charge in [-0.3, -0.25) is 4.99 Å². The van der Waals surface area contributed by atoms with Gasteiger partial charge in [0, 0.05) is 11.2 Å². The number of aliphatic imine (C=N–C) groups is 1. The third-order valence-electron chi connectivity index (χ3n) is 4.33. The highest BCUT2D eigenvalue weighted by atomic mass is 79.9. The average Bonchev–Trinajstić information content (AvgIpc) is 2.70. The fourth-order valence-corrected chi connectivity index (χ4v) is 4.59. The van der Waals surface area contributed by atoms with Crippen LogP contribution in [0.1, 0.15) is 23.6 Å². The Hall–Kier alpha value is -2.35. The quantitative estimate of drug-likeness (QED) is 0.258. The maximum absolute atomic E-state index is 12.7. The first-order valence-corrected chi connectivity index (χ1v) is 12.0. The SMILES string of the molecule is CCOc1cc(C=Nc2ccc(C)cc2C)cc(Br)c1OS(=O)(=O)c1ccc(Cl)cc1. The van der Waals surface area contributed by atoms with Crippen molar-refractivity contribution in [1.82, 2.24) is 0 Å². The van der Waals surface area contributed by atoms with Crippen LogP contribution in [0.5, 0.6) is 11.5 Å². The highest BCUT2D eigenvalue weighted by molar-refractivity contribution is 9.10. The molecule has 0 aliphatic rings. The van der Waals surface area contributed by atoms with Crippen molar-refractivity contribution >= 4 is 49.6 Å². The molecule has 0 saturated heterocycles. The molecule has 0 bridgehead atoms. The van der Waals surface area contributed by atoms with Gasteiger partial charge in [-0.05, 0) is 90.3 Å². The standard InChI is InChI=1S/C23H21BrClNO4S/c1-4-29-22-13-17(14-26-21-10-5-15(2)11-16(21)3)12-20(24)23(22)30-31(27,28)19-8-6-18(25)7-9-19/h5-14H,4H2,1-3H3. The van der Waals surface area contributed by atoms with Crippen molar-refractivity contribution in [2.75, 3.05) is 6.61 Å². The summed E-state index contributed by atoms with van der Waals surface area (Å²) in [6, 6.07) is 15.2. The van der Waals surface area contributed by atoms with E-state index < -0.39 is 10.1 Å². The molecule has 0 heterocycles. The molecule has 0 radical (unpaired) electrons. The van der Waals surface area contributed by atoms with Gasteiger partial charge in [-0.15, -0.1) is 0 Å². The average molecular weight is 523 g/mol. The third-order valence-corrected chi connectivity index (χ3v) is 6.41. The number of nitrogens with zero attached hydrogens (tertiary/aromatic N) is 1. The van der Waals surface area contributed by atoms with E-state index in [1.807, 2.05) is 32.9 Å². The van der Waals surface area contributed by atoms with Crippen molar-refractivity contribution in [3.05, 3.63) is 80.8 Å². The van der Waals surface area contributed by atoms with Crippen molar-refractivity contribution in [3.8, 4) is 11.5 Å². The summed E-state index contributed by atoms with van der Waals surface area (Å²) in [5.41, 5.74) is 3.81. The zero-order valence-electron chi connectivity index (χ0n) is 17.2. The smallest absolute Gasteiger partial charge is 0.339 e. The van der Waals surface area contributed by atoms with Gasteiger partial charge in [0.15, 0.2) is 11.5 Å². The summed E-state index contributed by atoms with van der Waals surface area (Å²) in [6.45, 7) is 6.17. The van der Waals surface area contributed by atoms with Gasteiger partial charge >= 0.3 is 10.1 Å². The lowest BCUT2D eigenvalue weighted by Crippen LogP contribution is -2.11. The molecule has 0 atom stereocenters. The van der Waals surface area contributed by atoms with Crippen molar-refractivity contribution in [1.29, 1.82) is 0 Å². The molecular weight excluding hydrogens is 502 g/mol. The topological polar surface area (TPSA) is 65.0 Å². The lowest BCUT2D eigenvalue weighted by atomic mass is 10.1. The highest BCUT2D eigenvalue weighted by Gasteiger charge is 2.22. The molecule has 3 rings (SSSR count). The maximum Gasteiger partial charge on any atom is 0.339 e. The molecule has 162 valence electrons. The molecule has 0 saturated carbocycles. The van der Waals surface area contributed by atoms with Gasteiger partial charge in [0.05, 0.1) is 16.8 Å². The van der Waals surface area contributed by atoms with Crippen LogP contribution in [0.3, 0.4) is 0 Å². The predicted octanol–water partition coefficient (Wildman–Crippen LogP) is 6.64. The lowest BCUT2D eigenvalue weighted by molar-refractivity contribution is 0.327. The summed E-state index contributed by atoms with van der Waals surface area (Å²) >= 11 is 9.25.